The Hall–Kier alpha value is -4.90. The van der Waals surface area contributed by atoms with Gasteiger partial charge in [0.1, 0.15) is 0 Å². The van der Waals surface area contributed by atoms with Crippen LogP contribution < -0.4 is 10.2 Å². The van der Waals surface area contributed by atoms with Crippen LogP contribution in [0.1, 0.15) is 193 Å². The Labute approximate surface area is 478 Å². The summed E-state index contributed by atoms with van der Waals surface area (Å²) in [6.45, 7) is 36.1. The molecule has 0 saturated heterocycles. The van der Waals surface area contributed by atoms with Gasteiger partial charge in [0.05, 0.1) is 0 Å². The van der Waals surface area contributed by atoms with Crippen LogP contribution in [0.15, 0.2) is 110 Å². The number of aryl methyl sites for hydroxylation is 4. The summed E-state index contributed by atoms with van der Waals surface area (Å²) in [5.74, 6) is 0. The first-order chi connectivity index (χ1) is 35.6. The van der Waals surface area contributed by atoms with E-state index in [1.165, 1.54) is 65.0 Å². The van der Waals surface area contributed by atoms with E-state index in [1.807, 2.05) is 13.8 Å². The molecular formula is C66H84N8Pt2-4. The van der Waals surface area contributed by atoms with Gasteiger partial charge >= 0.3 is 481 Å². The number of aromatic nitrogens is 8. The van der Waals surface area contributed by atoms with Crippen molar-refractivity contribution in [2.24, 2.45) is 0 Å². The summed E-state index contributed by atoms with van der Waals surface area (Å²) in [5, 5.41) is 16.7. The first-order valence-electron chi connectivity index (χ1n) is 27.4. The maximum absolute atomic E-state index is 4.23. The van der Waals surface area contributed by atoms with Gasteiger partial charge in [0, 0.05) is 0 Å². The summed E-state index contributed by atoms with van der Waals surface area (Å²) in [4.78, 5) is 0. The Kier molecular flexibility index (Phi) is 18.9. The standard InChI is InChI=1S/2C33H42N4.2Pt/c2*1-24-19-30(35-34-24)12-10-9-11-25(2)36-17-18-37(23-36)31-15-13-26(14-16-31)27-20-28(32(3,4)5)22-29(21-27)33(6,7)8;;/h2*13-15,17-22,25H,9-12H2,1-8H3;;/q2*-2;;. The molecule has 8 rings (SSSR count). The molecule has 76 heavy (non-hydrogen) atoms. The molecule has 2 unspecified atom stereocenters. The molecule has 4 heterocycles. The third-order valence-corrected chi connectivity index (χ3v) is 16.9. The van der Waals surface area contributed by atoms with E-state index in [0.717, 1.165) is 72.7 Å². The second-order valence-corrected chi connectivity index (χ2v) is 27.3. The van der Waals surface area contributed by atoms with Gasteiger partial charge in [-0.2, -0.15) is 0 Å². The number of hydrogen-bond donors (Lipinski definition) is 0. The van der Waals surface area contributed by atoms with Gasteiger partial charge in [0.25, 0.3) is 0 Å². The first kappa shape index (κ1) is 58.8. The number of benzene rings is 4. The average Bonchev–Trinajstić information content (AvgIpc) is 4.17. The molecule has 4 aromatic heterocycles. The van der Waals surface area contributed by atoms with Crippen molar-refractivity contribution in [3.05, 3.63) is 174 Å². The number of imidazole rings is 2. The molecular weight excluding hydrogens is 1290 g/mol. The van der Waals surface area contributed by atoms with Crippen LogP contribution in [0.4, 0.5) is 0 Å². The third kappa shape index (κ3) is 15.2. The molecule has 8 aromatic rings. The fourth-order valence-electron chi connectivity index (χ4n) is 9.44. The molecule has 0 fully saturated rings. The maximum atomic E-state index is 4.23. The summed E-state index contributed by atoms with van der Waals surface area (Å²) in [5.41, 5.74) is 17.2. The van der Waals surface area contributed by atoms with Crippen molar-refractivity contribution in [1.29, 1.82) is 0 Å². The molecule has 0 aliphatic rings. The predicted octanol–water partition coefficient (Wildman–Crippen LogP) is 16.1. The quantitative estimate of drug-likeness (QED) is 0.0714. The Morgan fingerprint density at radius 3 is 1.08 bits per heavy atom. The van der Waals surface area contributed by atoms with Gasteiger partial charge in [-0.15, -0.1) is 0 Å². The average molecular weight is 1380 g/mol. The van der Waals surface area contributed by atoms with E-state index in [1.54, 1.807) is 0 Å². The van der Waals surface area contributed by atoms with Gasteiger partial charge in [0.2, 0.25) is 0 Å². The van der Waals surface area contributed by atoms with E-state index in [-0.39, 0.29) is 21.7 Å². The van der Waals surface area contributed by atoms with Crippen molar-refractivity contribution in [2.45, 2.75) is 196 Å². The van der Waals surface area contributed by atoms with E-state index in [0.29, 0.717) is 12.1 Å². The van der Waals surface area contributed by atoms with Gasteiger partial charge in [-0.3, -0.25) is 0 Å². The van der Waals surface area contributed by atoms with Crippen molar-refractivity contribution in [3.63, 3.8) is 0 Å². The minimum atomic E-state index is 0.0991. The van der Waals surface area contributed by atoms with Crippen LogP contribution in [0.2, 0.25) is 0 Å². The van der Waals surface area contributed by atoms with Crippen molar-refractivity contribution in [2.75, 3.05) is 0 Å². The van der Waals surface area contributed by atoms with Crippen molar-refractivity contribution >= 4 is 0 Å². The zero-order chi connectivity index (χ0) is 55.3. The van der Waals surface area contributed by atoms with Crippen LogP contribution >= 0.6 is 0 Å². The van der Waals surface area contributed by atoms with E-state index >= 15 is 0 Å². The van der Waals surface area contributed by atoms with E-state index in [4.69, 9.17) is 0 Å². The monoisotopic (exact) mass is 1380 g/mol. The number of hydrogen-bond acceptors (Lipinski definition) is 2. The topological polar surface area (TPSA) is 73.7 Å². The number of rotatable bonds is 16. The van der Waals surface area contributed by atoms with Gasteiger partial charge in [-0.05, 0) is 0 Å². The second-order valence-electron chi connectivity index (χ2n) is 25.3. The van der Waals surface area contributed by atoms with Crippen LogP contribution in [0.3, 0.4) is 0 Å². The van der Waals surface area contributed by atoms with Gasteiger partial charge in [-0.1, -0.05) is 0 Å². The molecule has 4 aromatic carbocycles. The Morgan fingerprint density at radius 2 is 0.803 bits per heavy atom. The summed E-state index contributed by atoms with van der Waals surface area (Å²) >= 11 is 4.88. The van der Waals surface area contributed by atoms with E-state index in [2.05, 4.69) is 296 Å². The summed E-state index contributed by atoms with van der Waals surface area (Å²) in [6.07, 6.45) is 17.6. The molecule has 2 atom stereocenters. The number of nitrogens with zero attached hydrogens (tertiary/aromatic N) is 8. The van der Waals surface area contributed by atoms with Gasteiger partial charge in [-0.25, -0.2) is 0 Å². The van der Waals surface area contributed by atoms with Crippen molar-refractivity contribution < 1.29 is 38.7 Å². The fourth-order valence-corrected chi connectivity index (χ4v) is 11.7. The zero-order valence-electron chi connectivity index (χ0n) is 48.4. The first-order valence-corrected chi connectivity index (χ1v) is 29.7. The van der Waals surface area contributed by atoms with Crippen LogP contribution in [0, 0.1) is 33.6 Å². The minimum absolute atomic E-state index is 0.0991. The normalized spacial score (nSPS) is 13.2. The van der Waals surface area contributed by atoms with Gasteiger partial charge in [0.15, 0.2) is 0 Å². The van der Waals surface area contributed by atoms with Crippen molar-refractivity contribution in [1.82, 2.24) is 38.7 Å². The molecule has 8 nitrogen and oxygen atoms in total. The molecule has 0 amide bonds. The van der Waals surface area contributed by atoms with Crippen LogP contribution in [0.5, 0.6) is 0 Å². The van der Waals surface area contributed by atoms with Crippen LogP contribution in [-0.2, 0) is 73.2 Å². The van der Waals surface area contributed by atoms with Gasteiger partial charge < -0.3 is 0 Å². The second kappa shape index (κ2) is 24.4. The van der Waals surface area contributed by atoms with E-state index in [9.17, 15) is 0 Å². The SMILES string of the molecule is Cc1cc(CCCCC(C)n2ccn(-c3[c-]cc(-c4cc(C(C)(C)C)cc(C(C)(C)C)c4)cc3)[c]2=[Pt])n[n-]1.Cc1cc(CCCCC(C)n2ccn(-c3[c-]cc(-c4cc(C(C)(C)C)cc(C(C)(C)C)c4)cc3)[c]2=[Pt])n[n-]1. The Bertz CT molecular complexity index is 3000. The summed E-state index contributed by atoms with van der Waals surface area (Å²) in [6, 6.07) is 39.5. The summed E-state index contributed by atoms with van der Waals surface area (Å²) in [7, 11) is 0. The molecule has 10 heteroatoms. The Morgan fingerprint density at radius 1 is 0.461 bits per heavy atom. The third-order valence-electron chi connectivity index (χ3n) is 14.6. The van der Waals surface area contributed by atoms with Crippen LogP contribution in [0.25, 0.3) is 33.6 Å². The molecule has 0 N–H and O–H groups in total. The van der Waals surface area contributed by atoms with Crippen LogP contribution in [-0.4, -0.2) is 28.5 Å². The molecule has 0 aliphatic carbocycles. The molecule has 412 valence electrons. The van der Waals surface area contributed by atoms with Crippen molar-refractivity contribution in [3.8, 4) is 33.6 Å². The molecule has 0 radical (unpaired) electrons. The predicted molar refractivity (Wildman–Crippen MR) is 306 cm³/mol. The molecule has 0 bridgehead atoms. The molecule has 0 aliphatic heterocycles. The summed E-state index contributed by atoms with van der Waals surface area (Å²) < 4.78 is 11.6. The molecule has 0 saturated carbocycles. The number of unbranched alkanes of at least 4 members (excludes halogenated alkanes) is 2. The fraction of sp³-hybridized carbons (Fsp3) is 0.455. The van der Waals surface area contributed by atoms with E-state index < -0.39 is 0 Å². The molecule has 0 spiro atoms. The zero-order valence-corrected chi connectivity index (χ0v) is 53.0. The Balaban J connectivity index is 0.000000221.